The Kier molecular flexibility index (Phi) is 23.5. The van der Waals surface area contributed by atoms with E-state index in [9.17, 15) is 32.8 Å². The number of unbranched alkanes of at least 4 members (excludes halogenated alkanes) is 2. The second kappa shape index (κ2) is 19.7. The molecular weight excluding hydrogens is 494 g/mol. The summed E-state index contributed by atoms with van der Waals surface area (Å²) >= 11 is 2.94. The summed E-state index contributed by atoms with van der Waals surface area (Å²) in [6, 6.07) is 0. The molecule has 0 aliphatic rings. The smallest absolute Gasteiger partial charge is 0.549 e. The van der Waals surface area contributed by atoms with Crippen LogP contribution in [-0.2, 0) is 19.7 Å². The molecule has 0 saturated heterocycles. The molecule has 3 atom stereocenters. The fraction of sp³-hybridized carbons (Fsp3) is 0.900. The molecule has 32 heavy (non-hydrogen) atoms. The van der Waals surface area contributed by atoms with Crippen LogP contribution < -0.4 is 69.3 Å². The fourth-order valence-corrected chi connectivity index (χ4v) is 7.38. The minimum atomic E-state index is -5.23. The number of carbonyl (C=O) groups is 2. The zero-order chi connectivity index (χ0) is 23.4. The molecule has 178 valence electrons. The largest absolute Gasteiger partial charge is 1.00 e. The molecule has 0 saturated carbocycles. The van der Waals surface area contributed by atoms with E-state index in [1.165, 1.54) is 23.5 Å². The van der Waals surface area contributed by atoms with Gasteiger partial charge in [0.2, 0.25) is 0 Å². The van der Waals surface area contributed by atoms with Crippen LogP contribution in [0.15, 0.2) is 0 Å². The Morgan fingerprint density at radius 2 is 1.25 bits per heavy atom. The second-order valence-corrected chi connectivity index (χ2v) is 12.2. The van der Waals surface area contributed by atoms with Gasteiger partial charge in [-0.1, -0.05) is 53.4 Å². The van der Waals surface area contributed by atoms with Crippen molar-refractivity contribution in [1.29, 1.82) is 0 Å². The van der Waals surface area contributed by atoms with Crippen molar-refractivity contribution in [2.75, 3.05) is 11.5 Å². The summed E-state index contributed by atoms with van der Waals surface area (Å²) in [5, 5.41) is 21.2. The van der Waals surface area contributed by atoms with Crippen molar-refractivity contribution in [3.63, 3.8) is 0 Å². The topological polar surface area (TPSA) is 135 Å². The van der Waals surface area contributed by atoms with Crippen molar-refractivity contribution in [3.05, 3.63) is 0 Å². The average molecular weight is 531 g/mol. The SMILES string of the molecule is CCCCC(CC(CC(CCCC)SCC)(C(=O)[O-])C(C(=O)[O-])S(=O)(=O)O)SCC.[Na+].[Na+]. The van der Waals surface area contributed by atoms with Crippen LogP contribution in [-0.4, -0.2) is 52.2 Å². The minimum Gasteiger partial charge on any atom is -0.549 e. The average Bonchev–Trinajstić information content (AvgIpc) is 2.62. The number of carbonyl (C=O) groups excluding carboxylic acids is 2. The summed E-state index contributed by atoms with van der Waals surface area (Å²) in [5.74, 6) is -2.52. The Bertz CT molecular complexity index is 613. The Labute approximate surface area is 246 Å². The van der Waals surface area contributed by atoms with E-state index >= 15 is 0 Å². The van der Waals surface area contributed by atoms with Crippen LogP contribution in [0.1, 0.15) is 79.1 Å². The molecule has 1 N–H and O–H groups in total. The molecule has 7 nitrogen and oxygen atoms in total. The van der Waals surface area contributed by atoms with Gasteiger partial charge < -0.3 is 19.8 Å². The number of carboxylic acids is 2. The Balaban J connectivity index is -0.00000420. The predicted molar refractivity (Wildman–Crippen MR) is 120 cm³/mol. The standard InChI is InChI=1S/C20H38O7S3.2Na/c1-5-9-11-15(28-7-3)13-20(19(23)24,17(18(21)22)30(25,26)27)14-16(29-8-4)12-10-6-2;;/h15-17H,5-14H2,1-4H3,(H,21,22)(H,23,24)(H,25,26,27);;/q;2*+1/p-2. The first-order valence-corrected chi connectivity index (χ1v) is 14.2. The van der Waals surface area contributed by atoms with Crippen LogP contribution in [0.2, 0.25) is 0 Å². The van der Waals surface area contributed by atoms with Crippen LogP contribution in [0.4, 0.5) is 0 Å². The summed E-state index contributed by atoms with van der Waals surface area (Å²) in [4.78, 5) is 24.3. The van der Waals surface area contributed by atoms with Gasteiger partial charge in [-0.3, -0.25) is 4.55 Å². The van der Waals surface area contributed by atoms with Crippen molar-refractivity contribution in [2.45, 2.75) is 94.8 Å². The number of aliphatic carboxylic acids is 2. The minimum absolute atomic E-state index is 0. The molecule has 0 aromatic rings. The molecule has 0 aliphatic heterocycles. The van der Waals surface area contributed by atoms with E-state index < -0.39 is 32.7 Å². The van der Waals surface area contributed by atoms with Gasteiger partial charge in [0.25, 0.3) is 10.1 Å². The molecule has 3 unspecified atom stereocenters. The van der Waals surface area contributed by atoms with Crippen LogP contribution in [0.5, 0.6) is 0 Å². The van der Waals surface area contributed by atoms with Crippen molar-refractivity contribution in [3.8, 4) is 0 Å². The number of carboxylic acid groups (broad SMARTS) is 2. The number of rotatable bonds is 18. The molecule has 0 rings (SSSR count). The second-order valence-electron chi connectivity index (χ2n) is 7.51. The van der Waals surface area contributed by atoms with Gasteiger partial charge in [-0.05, 0) is 37.2 Å². The van der Waals surface area contributed by atoms with Gasteiger partial charge in [0, 0.05) is 21.9 Å². The van der Waals surface area contributed by atoms with E-state index in [1.54, 1.807) is 0 Å². The molecule has 0 aliphatic carbocycles. The van der Waals surface area contributed by atoms with Crippen molar-refractivity contribution < 1.29 is 91.9 Å². The molecule has 0 aromatic carbocycles. The van der Waals surface area contributed by atoms with Gasteiger partial charge in [0.1, 0.15) is 5.25 Å². The first kappa shape index (κ1) is 38.1. The summed E-state index contributed by atoms with van der Waals surface area (Å²) in [5.41, 5.74) is -2.27. The van der Waals surface area contributed by atoms with Gasteiger partial charge >= 0.3 is 59.1 Å². The van der Waals surface area contributed by atoms with Crippen molar-refractivity contribution in [2.24, 2.45) is 5.41 Å². The van der Waals surface area contributed by atoms with E-state index in [-0.39, 0.29) is 82.5 Å². The van der Waals surface area contributed by atoms with Crippen LogP contribution in [0.25, 0.3) is 0 Å². The Hall–Kier alpha value is 1.55. The maximum absolute atomic E-state index is 12.4. The molecule has 0 heterocycles. The fourth-order valence-electron chi connectivity index (χ4n) is 3.84. The summed E-state index contributed by atoms with van der Waals surface area (Å²) in [6.45, 7) is 7.78. The Morgan fingerprint density at radius 3 is 1.47 bits per heavy atom. The maximum atomic E-state index is 12.4. The summed E-state index contributed by atoms with van der Waals surface area (Å²) in [6.07, 6.45) is 4.15. The van der Waals surface area contributed by atoms with E-state index in [0.29, 0.717) is 24.3 Å². The molecule has 0 bridgehead atoms. The van der Waals surface area contributed by atoms with E-state index in [2.05, 4.69) is 0 Å². The quantitative estimate of drug-likeness (QED) is 0.140. The van der Waals surface area contributed by atoms with Crippen LogP contribution in [0.3, 0.4) is 0 Å². The predicted octanol–water partition coefficient (Wildman–Crippen LogP) is -3.86. The van der Waals surface area contributed by atoms with E-state index in [4.69, 9.17) is 0 Å². The molecule has 0 spiro atoms. The van der Waals surface area contributed by atoms with Crippen LogP contribution in [0, 0.1) is 5.41 Å². The first-order valence-electron chi connectivity index (χ1n) is 10.6. The first-order chi connectivity index (χ1) is 14.0. The third-order valence-corrected chi connectivity index (χ3v) is 8.82. The summed E-state index contributed by atoms with van der Waals surface area (Å²) in [7, 11) is -5.23. The monoisotopic (exact) mass is 530 g/mol. The number of hydrogen-bond acceptors (Lipinski definition) is 8. The molecule has 12 heteroatoms. The van der Waals surface area contributed by atoms with E-state index in [0.717, 1.165) is 25.7 Å². The van der Waals surface area contributed by atoms with Gasteiger partial charge in [0.15, 0.2) is 0 Å². The third kappa shape index (κ3) is 13.0. The van der Waals surface area contributed by atoms with Gasteiger partial charge in [-0.2, -0.15) is 31.9 Å². The molecule has 0 aromatic heterocycles. The molecule has 0 fully saturated rings. The van der Waals surface area contributed by atoms with Gasteiger partial charge in [-0.25, -0.2) is 0 Å². The molecule has 0 radical (unpaired) electrons. The third-order valence-electron chi connectivity index (χ3n) is 5.17. The van der Waals surface area contributed by atoms with Gasteiger partial charge in [0.05, 0.1) is 5.97 Å². The number of hydrogen-bond donors (Lipinski definition) is 1. The number of thioether (sulfide) groups is 2. The van der Waals surface area contributed by atoms with Crippen molar-refractivity contribution >= 4 is 45.6 Å². The van der Waals surface area contributed by atoms with Crippen LogP contribution >= 0.6 is 23.5 Å². The zero-order valence-corrected chi connectivity index (χ0v) is 26.9. The molecule has 0 amide bonds. The summed E-state index contributed by atoms with van der Waals surface area (Å²) < 4.78 is 33.8. The van der Waals surface area contributed by atoms with Crippen molar-refractivity contribution in [1.82, 2.24) is 0 Å². The zero-order valence-electron chi connectivity index (χ0n) is 20.4. The normalized spacial score (nSPS) is 16.0. The maximum Gasteiger partial charge on any atom is 1.00 e. The molecular formula is C20H36Na2O7S3. The van der Waals surface area contributed by atoms with E-state index in [1.807, 2.05) is 27.7 Å². The Morgan fingerprint density at radius 1 is 0.875 bits per heavy atom. The van der Waals surface area contributed by atoms with Gasteiger partial charge in [-0.15, -0.1) is 0 Å².